The first kappa shape index (κ1) is 28.0. The normalized spacial score (nSPS) is 23.6. The van der Waals surface area contributed by atoms with Crippen LogP contribution in [0, 0.1) is 5.92 Å². The summed E-state index contributed by atoms with van der Waals surface area (Å²) in [4.78, 5) is 45.1. The average Bonchev–Trinajstić information content (AvgIpc) is 3.21. The van der Waals surface area contributed by atoms with E-state index in [9.17, 15) is 14.4 Å². The third kappa shape index (κ3) is 5.83. The molecule has 1 aromatic rings. The highest BCUT2D eigenvalue weighted by Crippen LogP contribution is 2.41. The minimum atomic E-state index is -0.961. The predicted octanol–water partition coefficient (Wildman–Crippen LogP) is 2.27. The smallest absolute Gasteiger partial charge is 0.329 e. The molecule has 210 valence electrons. The average molecular weight is 533 g/mol. The third-order valence-corrected chi connectivity index (χ3v) is 7.91. The standard InChI is InChI=1S/C27H40N4O7/c1-35-13-12-30(17-18-8-7-11-29-10-6-5-9-21(18)29)24(32)16-20-26(33)31(27(34)28-20)19-14-22(36-2)25(38-4)23(15-19)37-3/h14-15,18,20-21H,5-13,16-17H2,1-4H3,(H,28,34)/t18-,20-,21+/m0/s1. The number of nitrogens with zero attached hydrogens (tertiary/aromatic N) is 3. The van der Waals surface area contributed by atoms with Gasteiger partial charge in [-0.15, -0.1) is 0 Å². The van der Waals surface area contributed by atoms with Gasteiger partial charge in [0.1, 0.15) is 6.04 Å². The predicted molar refractivity (Wildman–Crippen MR) is 141 cm³/mol. The molecule has 0 aromatic heterocycles. The minimum absolute atomic E-state index is 0.115. The number of nitrogens with one attached hydrogen (secondary N) is 1. The van der Waals surface area contributed by atoms with E-state index in [0.29, 0.717) is 48.9 Å². The first-order valence-corrected chi connectivity index (χ1v) is 13.4. The molecule has 3 fully saturated rings. The molecule has 3 atom stereocenters. The molecule has 38 heavy (non-hydrogen) atoms. The van der Waals surface area contributed by atoms with Crippen molar-refractivity contribution in [3.8, 4) is 17.2 Å². The summed E-state index contributed by atoms with van der Waals surface area (Å²) in [6.07, 6.45) is 5.74. The Morgan fingerprint density at radius 3 is 2.37 bits per heavy atom. The summed E-state index contributed by atoms with van der Waals surface area (Å²) in [5.74, 6) is 0.717. The number of methoxy groups -OCH3 is 4. The quantitative estimate of drug-likeness (QED) is 0.433. The van der Waals surface area contributed by atoms with Gasteiger partial charge in [-0.05, 0) is 44.7 Å². The monoisotopic (exact) mass is 532 g/mol. The van der Waals surface area contributed by atoms with Gasteiger partial charge in [-0.25, -0.2) is 9.69 Å². The summed E-state index contributed by atoms with van der Waals surface area (Å²) in [7, 11) is 6.01. The summed E-state index contributed by atoms with van der Waals surface area (Å²) >= 11 is 0. The van der Waals surface area contributed by atoms with E-state index in [4.69, 9.17) is 18.9 Å². The van der Waals surface area contributed by atoms with E-state index in [1.165, 1.54) is 46.3 Å². The maximum absolute atomic E-state index is 13.5. The van der Waals surface area contributed by atoms with Crippen LogP contribution in [0.25, 0.3) is 0 Å². The highest BCUT2D eigenvalue weighted by atomic mass is 16.5. The Morgan fingerprint density at radius 1 is 1.00 bits per heavy atom. The van der Waals surface area contributed by atoms with E-state index in [2.05, 4.69) is 10.2 Å². The number of ether oxygens (including phenoxy) is 4. The van der Waals surface area contributed by atoms with Gasteiger partial charge in [-0.1, -0.05) is 6.42 Å². The maximum atomic E-state index is 13.5. The van der Waals surface area contributed by atoms with Gasteiger partial charge in [-0.2, -0.15) is 0 Å². The molecule has 3 saturated heterocycles. The van der Waals surface area contributed by atoms with Gasteiger partial charge in [0.2, 0.25) is 11.7 Å². The summed E-state index contributed by atoms with van der Waals surface area (Å²) in [6.45, 7) is 3.76. The Labute approximate surface area is 224 Å². The largest absolute Gasteiger partial charge is 0.493 e. The second-order valence-corrected chi connectivity index (χ2v) is 10.1. The molecule has 0 bridgehead atoms. The number of hydrogen-bond acceptors (Lipinski definition) is 8. The van der Waals surface area contributed by atoms with Gasteiger partial charge in [0, 0.05) is 38.4 Å². The maximum Gasteiger partial charge on any atom is 0.329 e. The van der Waals surface area contributed by atoms with Crippen LogP contribution in [0.5, 0.6) is 17.2 Å². The van der Waals surface area contributed by atoms with Crippen molar-refractivity contribution in [3.63, 3.8) is 0 Å². The number of carbonyl (C=O) groups is 3. The van der Waals surface area contributed by atoms with E-state index in [1.807, 2.05) is 4.90 Å². The summed E-state index contributed by atoms with van der Waals surface area (Å²) in [6, 6.07) is 2.01. The number of anilines is 1. The number of carbonyl (C=O) groups excluding carboxylic acids is 3. The highest BCUT2D eigenvalue weighted by Gasteiger charge is 2.42. The van der Waals surface area contributed by atoms with E-state index in [0.717, 1.165) is 37.3 Å². The number of urea groups is 1. The van der Waals surface area contributed by atoms with E-state index in [-0.39, 0.29) is 18.0 Å². The van der Waals surface area contributed by atoms with Crippen LogP contribution in [0.2, 0.25) is 0 Å². The zero-order valence-corrected chi connectivity index (χ0v) is 22.9. The molecule has 3 aliphatic heterocycles. The van der Waals surface area contributed by atoms with Crippen molar-refractivity contribution < 1.29 is 33.3 Å². The van der Waals surface area contributed by atoms with Crippen LogP contribution < -0.4 is 24.4 Å². The molecule has 0 radical (unpaired) electrons. The van der Waals surface area contributed by atoms with Crippen LogP contribution in [-0.2, 0) is 14.3 Å². The van der Waals surface area contributed by atoms with Gasteiger partial charge < -0.3 is 34.1 Å². The molecule has 3 aliphatic rings. The van der Waals surface area contributed by atoms with E-state index < -0.39 is 18.0 Å². The first-order chi connectivity index (χ1) is 18.4. The number of amides is 4. The van der Waals surface area contributed by atoms with Crippen molar-refractivity contribution >= 4 is 23.5 Å². The van der Waals surface area contributed by atoms with E-state index >= 15 is 0 Å². The lowest BCUT2D eigenvalue weighted by molar-refractivity contribution is -0.135. The van der Waals surface area contributed by atoms with Gasteiger partial charge in [0.25, 0.3) is 5.91 Å². The Bertz CT molecular complexity index is 992. The Balaban J connectivity index is 1.48. The van der Waals surface area contributed by atoms with E-state index in [1.54, 1.807) is 7.11 Å². The minimum Gasteiger partial charge on any atom is -0.493 e. The van der Waals surface area contributed by atoms with Crippen molar-refractivity contribution in [1.82, 2.24) is 15.1 Å². The number of rotatable bonds is 11. The molecule has 1 N–H and O–H groups in total. The molecule has 0 saturated carbocycles. The van der Waals surface area contributed by atoms with Gasteiger partial charge in [0.05, 0.1) is 40.0 Å². The van der Waals surface area contributed by atoms with Crippen LogP contribution in [0.15, 0.2) is 12.1 Å². The second-order valence-electron chi connectivity index (χ2n) is 10.1. The molecule has 4 amide bonds. The van der Waals surface area contributed by atoms with Crippen LogP contribution >= 0.6 is 0 Å². The molecule has 11 heteroatoms. The van der Waals surface area contributed by atoms with Gasteiger partial charge in [0.15, 0.2) is 11.5 Å². The van der Waals surface area contributed by atoms with Crippen molar-refractivity contribution in [2.24, 2.45) is 5.92 Å². The molecule has 0 spiro atoms. The number of piperidine rings is 2. The zero-order valence-electron chi connectivity index (χ0n) is 22.9. The van der Waals surface area contributed by atoms with Crippen LogP contribution in [0.1, 0.15) is 38.5 Å². The molecule has 1 aromatic carbocycles. The second kappa shape index (κ2) is 12.7. The van der Waals surface area contributed by atoms with Crippen molar-refractivity contribution in [2.45, 2.75) is 50.6 Å². The topological polar surface area (TPSA) is 110 Å². The molecule has 4 rings (SSSR count). The van der Waals surface area contributed by atoms with Crippen LogP contribution in [0.4, 0.5) is 10.5 Å². The Hall–Kier alpha value is -3.05. The number of benzene rings is 1. The lowest BCUT2D eigenvalue weighted by atomic mass is 9.83. The van der Waals surface area contributed by atoms with Gasteiger partial charge in [-0.3, -0.25) is 9.59 Å². The summed E-state index contributed by atoms with van der Waals surface area (Å²) in [5.41, 5.74) is 0.271. The van der Waals surface area contributed by atoms with Gasteiger partial charge >= 0.3 is 6.03 Å². The van der Waals surface area contributed by atoms with Crippen molar-refractivity contribution in [1.29, 1.82) is 0 Å². The fraction of sp³-hybridized carbons (Fsp3) is 0.667. The lowest BCUT2D eigenvalue weighted by Gasteiger charge is -2.45. The summed E-state index contributed by atoms with van der Waals surface area (Å²) < 4.78 is 21.4. The molecular formula is C27H40N4O7. The van der Waals surface area contributed by atoms with Crippen LogP contribution in [-0.4, -0.2) is 101 Å². The molecule has 11 nitrogen and oxygen atoms in total. The lowest BCUT2D eigenvalue weighted by Crippen LogP contribution is -2.52. The SMILES string of the molecule is COCCN(C[C@@H]1CCCN2CCCC[C@H]12)C(=O)C[C@@H]1NC(=O)N(c2cc(OC)c(OC)c(OC)c2)C1=O. The highest BCUT2D eigenvalue weighted by molar-refractivity contribution is 6.22. The molecule has 0 unspecified atom stereocenters. The Kier molecular flexibility index (Phi) is 9.32. The van der Waals surface area contributed by atoms with Crippen molar-refractivity contribution in [2.75, 3.05) is 66.1 Å². The molecule has 3 heterocycles. The number of imide groups is 1. The Morgan fingerprint density at radius 2 is 1.71 bits per heavy atom. The fourth-order valence-corrected chi connectivity index (χ4v) is 6.01. The first-order valence-electron chi connectivity index (χ1n) is 13.4. The van der Waals surface area contributed by atoms with Crippen molar-refractivity contribution in [3.05, 3.63) is 12.1 Å². The molecule has 0 aliphatic carbocycles. The molecular weight excluding hydrogens is 492 g/mol. The number of fused-ring (bicyclic) bond motifs is 1. The summed E-state index contributed by atoms with van der Waals surface area (Å²) in [5, 5.41) is 2.68. The number of hydrogen-bond donors (Lipinski definition) is 1. The third-order valence-electron chi connectivity index (χ3n) is 7.91. The zero-order chi connectivity index (χ0) is 27.2. The van der Waals surface area contributed by atoms with Crippen LogP contribution in [0.3, 0.4) is 0 Å². The fourth-order valence-electron chi connectivity index (χ4n) is 6.01.